The standard InChI is InChI=1S/C18H26N2O2/c1-2-5-14-12-16(14)19-18(22)20(10-11-21)17-9-8-13-6-3-4-7-15(13)17/h3-4,6-7,14,16-17,21H,2,5,8-12H2,1H3,(H,19,22). The van der Waals surface area contributed by atoms with E-state index in [0.717, 1.165) is 19.3 Å². The van der Waals surface area contributed by atoms with E-state index < -0.39 is 0 Å². The molecular formula is C18H26N2O2. The molecular weight excluding hydrogens is 276 g/mol. The van der Waals surface area contributed by atoms with Crippen molar-refractivity contribution in [3.63, 3.8) is 0 Å². The van der Waals surface area contributed by atoms with Crippen molar-refractivity contribution in [3.8, 4) is 0 Å². The number of amides is 2. The molecule has 1 saturated carbocycles. The summed E-state index contributed by atoms with van der Waals surface area (Å²) in [4.78, 5) is 14.5. The van der Waals surface area contributed by atoms with Gasteiger partial charge in [-0.15, -0.1) is 0 Å². The highest BCUT2D eigenvalue weighted by Gasteiger charge is 2.39. The Hall–Kier alpha value is -1.55. The highest BCUT2D eigenvalue weighted by atomic mass is 16.3. The van der Waals surface area contributed by atoms with Crippen molar-refractivity contribution in [2.45, 2.75) is 51.1 Å². The molecule has 1 aromatic carbocycles. The summed E-state index contributed by atoms with van der Waals surface area (Å²) in [6.07, 6.45) is 5.44. The van der Waals surface area contributed by atoms with Gasteiger partial charge in [0.1, 0.15) is 0 Å². The molecule has 0 saturated heterocycles. The van der Waals surface area contributed by atoms with Gasteiger partial charge < -0.3 is 15.3 Å². The first kappa shape index (κ1) is 15.3. The zero-order valence-electron chi connectivity index (χ0n) is 13.3. The van der Waals surface area contributed by atoms with Crippen molar-refractivity contribution in [2.24, 2.45) is 5.92 Å². The van der Waals surface area contributed by atoms with Crippen LogP contribution in [-0.4, -0.2) is 35.2 Å². The third kappa shape index (κ3) is 3.12. The van der Waals surface area contributed by atoms with Crippen LogP contribution in [0.25, 0.3) is 0 Å². The van der Waals surface area contributed by atoms with E-state index in [9.17, 15) is 9.90 Å². The van der Waals surface area contributed by atoms with E-state index in [1.54, 1.807) is 0 Å². The number of fused-ring (bicyclic) bond motifs is 1. The molecule has 0 spiro atoms. The predicted molar refractivity (Wildman–Crippen MR) is 86.6 cm³/mol. The molecule has 2 N–H and O–H groups in total. The summed E-state index contributed by atoms with van der Waals surface area (Å²) in [6.45, 7) is 2.59. The van der Waals surface area contributed by atoms with Gasteiger partial charge in [0.05, 0.1) is 12.6 Å². The number of rotatable bonds is 6. The molecule has 0 aliphatic heterocycles. The average Bonchev–Trinajstić information content (AvgIpc) is 3.11. The van der Waals surface area contributed by atoms with Gasteiger partial charge in [-0.3, -0.25) is 0 Å². The fourth-order valence-electron chi connectivity index (χ4n) is 3.72. The maximum atomic E-state index is 12.6. The van der Waals surface area contributed by atoms with Crippen molar-refractivity contribution in [1.29, 1.82) is 0 Å². The van der Waals surface area contributed by atoms with E-state index in [2.05, 4.69) is 30.4 Å². The first-order valence-electron chi connectivity index (χ1n) is 8.50. The minimum Gasteiger partial charge on any atom is -0.395 e. The monoisotopic (exact) mass is 302 g/mol. The normalized spacial score (nSPS) is 25.6. The zero-order valence-corrected chi connectivity index (χ0v) is 13.3. The number of hydrogen-bond donors (Lipinski definition) is 2. The number of nitrogens with one attached hydrogen (secondary N) is 1. The molecule has 0 radical (unpaired) electrons. The number of hydrogen-bond acceptors (Lipinski definition) is 2. The third-order valence-corrected chi connectivity index (χ3v) is 4.97. The fraction of sp³-hybridized carbons (Fsp3) is 0.611. The molecule has 4 nitrogen and oxygen atoms in total. The van der Waals surface area contributed by atoms with E-state index in [4.69, 9.17) is 0 Å². The maximum Gasteiger partial charge on any atom is 0.318 e. The first-order chi connectivity index (χ1) is 10.7. The number of benzene rings is 1. The summed E-state index contributed by atoms with van der Waals surface area (Å²) in [7, 11) is 0. The summed E-state index contributed by atoms with van der Waals surface area (Å²) in [6, 6.07) is 8.77. The van der Waals surface area contributed by atoms with Crippen molar-refractivity contribution in [1.82, 2.24) is 10.2 Å². The molecule has 0 heterocycles. The Labute approximate surface area is 132 Å². The van der Waals surface area contributed by atoms with Crippen LogP contribution in [0.1, 0.15) is 49.8 Å². The molecule has 3 atom stereocenters. The summed E-state index contributed by atoms with van der Waals surface area (Å²) in [5.74, 6) is 0.654. The lowest BCUT2D eigenvalue weighted by atomic mass is 10.1. The van der Waals surface area contributed by atoms with Gasteiger partial charge in [0.2, 0.25) is 0 Å². The SMILES string of the molecule is CCCC1CC1NC(=O)N(CCO)C1CCc2ccccc21. The Bertz CT molecular complexity index is 532. The quantitative estimate of drug-likeness (QED) is 0.849. The largest absolute Gasteiger partial charge is 0.395 e. The van der Waals surface area contributed by atoms with Crippen molar-refractivity contribution in [3.05, 3.63) is 35.4 Å². The number of urea groups is 1. The molecule has 3 rings (SSSR count). The summed E-state index contributed by atoms with van der Waals surface area (Å²) in [5, 5.41) is 12.5. The second-order valence-corrected chi connectivity index (χ2v) is 6.51. The Balaban J connectivity index is 1.67. The van der Waals surface area contributed by atoms with Crippen LogP contribution in [0.3, 0.4) is 0 Å². The van der Waals surface area contributed by atoms with Crippen LogP contribution in [0.2, 0.25) is 0 Å². The molecule has 0 bridgehead atoms. The highest BCUT2D eigenvalue weighted by Crippen LogP contribution is 2.37. The van der Waals surface area contributed by atoms with Crippen molar-refractivity contribution in [2.75, 3.05) is 13.2 Å². The van der Waals surface area contributed by atoms with Crippen LogP contribution < -0.4 is 5.32 Å². The molecule has 1 fully saturated rings. The molecule has 3 unspecified atom stereocenters. The van der Waals surface area contributed by atoms with E-state index in [0.29, 0.717) is 18.5 Å². The molecule has 4 heteroatoms. The van der Waals surface area contributed by atoms with Gasteiger partial charge in [-0.1, -0.05) is 37.6 Å². The maximum absolute atomic E-state index is 12.6. The predicted octanol–water partition coefficient (Wildman–Crippen LogP) is 2.87. The summed E-state index contributed by atoms with van der Waals surface area (Å²) in [5.41, 5.74) is 2.57. The van der Waals surface area contributed by atoms with Crippen molar-refractivity contribution >= 4 is 6.03 Å². The first-order valence-corrected chi connectivity index (χ1v) is 8.50. The van der Waals surface area contributed by atoms with E-state index in [-0.39, 0.29) is 18.7 Å². The zero-order chi connectivity index (χ0) is 15.5. The summed E-state index contributed by atoms with van der Waals surface area (Å²) < 4.78 is 0. The van der Waals surface area contributed by atoms with Crippen LogP contribution in [-0.2, 0) is 6.42 Å². The van der Waals surface area contributed by atoms with Gasteiger partial charge in [-0.25, -0.2) is 4.79 Å². The third-order valence-electron chi connectivity index (χ3n) is 4.97. The smallest absolute Gasteiger partial charge is 0.318 e. The Morgan fingerprint density at radius 1 is 1.41 bits per heavy atom. The minimum absolute atomic E-state index is 0.00907. The summed E-state index contributed by atoms with van der Waals surface area (Å²) >= 11 is 0. The van der Waals surface area contributed by atoms with Crippen molar-refractivity contribution < 1.29 is 9.90 Å². The van der Waals surface area contributed by atoms with Gasteiger partial charge >= 0.3 is 6.03 Å². The van der Waals surface area contributed by atoms with E-state index in [1.807, 2.05) is 11.0 Å². The number of nitrogens with zero attached hydrogens (tertiary/aromatic N) is 1. The van der Waals surface area contributed by atoms with Crippen LogP contribution in [0.15, 0.2) is 24.3 Å². The number of carbonyl (C=O) groups excluding carboxylic acids is 1. The Morgan fingerprint density at radius 2 is 2.23 bits per heavy atom. The van der Waals surface area contributed by atoms with Crippen LogP contribution >= 0.6 is 0 Å². The Kier molecular flexibility index (Phi) is 4.67. The number of carbonyl (C=O) groups is 1. The molecule has 1 aromatic rings. The molecule has 2 aliphatic rings. The lowest BCUT2D eigenvalue weighted by Gasteiger charge is -2.29. The van der Waals surface area contributed by atoms with Gasteiger partial charge in [0.15, 0.2) is 0 Å². The highest BCUT2D eigenvalue weighted by molar-refractivity contribution is 5.75. The second-order valence-electron chi connectivity index (χ2n) is 6.51. The molecule has 2 aliphatic carbocycles. The van der Waals surface area contributed by atoms with E-state index >= 15 is 0 Å². The number of aliphatic hydroxyl groups excluding tert-OH is 1. The fourth-order valence-corrected chi connectivity index (χ4v) is 3.72. The van der Waals surface area contributed by atoms with Gasteiger partial charge in [-0.2, -0.15) is 0 Å². The molecule has 0 aromatic heterocycles. The second kappa shape index (κ2) is 6.69. The lowest BCUT2D eigenvalue weighted by Crippen LogP contribution is -2.44. The molecule has 120 valence electrons. The minimum atomic E-state index is -0.0145. The van der Waals surface area contributed by atoms with Crippen LogP contribution in [0, 0.1) is 5.92 Å². The average molecular weight is 302 g/mol. The Morgan fingerprint density at radius 3 is 3.00 bits per heavy atom. The topological polar surface area (TPSA) is 52.6 Å². The van der Waals surface area contributed by atoms with E-state index in [1.165, 1.54) is 24.0 Å². The number of aliphatic hydroxyl groups is 1. The van der Waals surface area contributed by atoms with Gasteiger partial charge in [0, 0.05) is 12.6 Å². The van der Waals surface area contributed by atoms with Crippen LogP contribution in [0.4, 0.5) is 4.79 Å². The molecule has 22 heavy (non-hydrogen) atoms. The lowest BCUT2D eigenvalue weighted by molar-refractivity contribution is 0.151. The molecule has 2 amide bonds. The van der Waals surface area contributed by atoms with Crippen LogP contribution in [0.5, 0.6) is 0 Å². The number of aryl methyl sites for hydroxylation is 1. The van der Waals surface area contributed by atoms with Gasteiger partial charge in [0.25, 0.3) is 0 Å². The van der Waals surface area contributed by atoms with Gasteiger partial charge in [-0.05, 0) is 42.7 Å².